The molecule has 1 aromatic rings. The standard InChI is InChI=1S/C25H40N4O4S/c1-24(2,3)33-23(30)29-15-7-10-19-13-14-20(27-22(19)29)11-8-16-32-17-9-12-21(18-26)28-34(31)25(4,5)6/h13-14,21,28H,7-12,15-17H2,1-6H3/t21?,34-/m1/s1. The maximum Gasteiger partial charge on any atom is 0.416 e. The van der Waals surface area contributed by atoms with Crippen LogP contribution in [0, 0.1) is 11.3 Å². The second-order valence-corrected chi connectivity index (χ2v) is 12.6. The van der Waals surface area contributed by atoms with Crippen LogP contribution in [0.3, 0.4) is 0 Å². The molecular formula is C25H40N4O4S. The zero-order valence-corrected chi connectivity index (χ0v) is 22.3. The van der Waals surface area contributed by atoms with E-state index in [1.165, 1.54) is 0 Å². The molecule has 2 atom stereocenters. The Morgan fingerprint density at radius 1 is 1.26 bits per heavy atom. The number of anilines is 1. The van der Waals surface area contributed by atoms with Crippen molar-refractivity contribution in [2.24, 2.45) is 0 Å². The third kappa shape index (κ3) is 9.41. The Morgan fingerprint density at radius 3 is 2.62 bits per heavy atom. The van der Waals surface area contributed by atoms with Gasteiger partial charge in [0, 0.05) is 36.8 Å². The number of aryl methyl sites for hydroxylation is 2. The summed E-state index contributed by atoms with van der Waals surface area (Å²) in [5.41, 5.74) is 1.46. The largest absolute Gasteiger partial charge is 0.598 e. The van der Waals surface area contributed by atoms with Crippen molar-refractivity contribution in [3.05, 3.63) is 23.4 Å². The minimum absolute atomic E-state index is 0.349. The van der Waals surface area contributed by atoms with E-state index in [1.54, 1.807) is 4.90 Å². The Morgan fingerprint density at radius 2 is 1.97 bits per heavy atom. The highest BCUT2D eigenvalue weighted by molar-refractivity contribution is 7.90. The number of nitriles is 1. The third-order valence-electron chi connectivity index (χ3n) is 5.18. The van der Waals surface area contributed by atoms with Gasteiger partial charge in [-0.1, -0.05) is 6.07 Å². The van der Waals surface area contributed by atoms with Gasteiger partial charge in [0.1, 0.15) is 22.2 Å². The van der Waals surface area contributed by atoms with Crippen molar-refractivity contribution in [3.8, 4) is 6.07 Å². The number of aromatic nitrogens is 1. The molecule has 0 aliphatic carbocycles. The molecule has 1 aromatic heterocycles. The van der Waals surface area contributed by atoms with E-state index in [2.05, 4.69) is 16.9 Å². The molecule has 0 aromatic carbocycles. The molecule has 8 nitrogen and oxygen atoms in total. The molecule has 0 fully saturated rings. The van der Waals surface area contributed by atoms with Gasteiger partial charge in [-0.2, -0.15) is 5.26 Å². The van der Waals surface area contributed by atoms with Crippen molar-refractivity contribution in [2.75, 3.05) is 24.7 Å². The molecule has 0 radical (unpaired) electrons. The number of amides is 1. The van der Waals surface area contributed by atoms with Crippen molar-refractivity contribution >= 4 is 23.3 Å². The van der Waals surface area contributed by atoms with Gasteiger partial charge in [0.05, 0.1) is 6.07 Å². The first-order chi connectivity index (χ1) is 15.9. The van der Waals surface area contributed by atoms with Gasteiger partial charge >= 0.3 is 6.09 Å². The highest BCUT2D eigenvalue weighted by Crippen LogP contribution is 2.27. The Labute approximate surface area is 207 Å². The van der Waals surface area contributed by atoms with Crippen LogP contribution in [0.1, 0.15) is 78.5 Å². The van der Waals surface area contributed by atoms with Crippen molar-refractivity contribution in [2.45, 2.75) is 96.5 Å². The molecule has 1 aliphatic rings. The summed E-state index contributed by atoms with van der Waals surface area (Å²) in [7, 11) is 0. The van der Waals surface area contributed by atoms with Gasteiger partial charge in [0.15, 0.2) is 0 Å². The first kappa shape index (κ1) is 28.4. The van der Waals surface area contributed by atoms with E-state index in [-0.39, 0.29) is 6.09 Å². The number of rotatable bonds is 10. The maximum absolute atomic E-state index is 12.6. The van der Waals surface area contributed by atoms with Crippen LogP contribution < -0.4 is 9.62 Å². The summed E-state index contributed by atoms with van der Waals surface area (Å²) in [4.78, 5) is 19.0. The van der Waals surface area contributed by atoms with Crippen LogP contribution in [0.25, 0.3) is 0 Å². The Hall–Kier alpha value is -1.86. The Bertz CT molecular complexity index is 845. The van der Waals surface area contributed by atoms with Gasteiger partial charge in [-0.05, 0) is 91.7 Å². The fraction of sp³-hybridized carbons (Fsp3) is 0.720. The van der Waals surface area contributed by atoms with Crippen LogP contribution in [0.5, 0.6) is 0 Å². The molecule has 1 amide bonds. The predicted octanol–water partition coefficient (Wildman–Crippen LogP) is 4.44. The maximum atomic E-state index is 12.6. The zero-order valence-electron chi connectivity index (χ0n) is 21.5. The summed E-state index contributed by atoms with van der Waals surface area (Å²) in [6.07, 6.45) is 4.33. The lowest BCUT2D eigenvalue weighted by Gasteiger charge is -2.31. The monoisotopic (exact) mass is 492 g/mol. The fourth-order valence-electron chi connectivity index (χ4n) is 3.42. The first-order valence-corrected chi connectivity index (χ1v) is 13.2. The highest BCUT2D eigenvalue weighted by atomic mass is 32.2. The fourth-order valence-corrected chi connectivity index (χ4v) is 4.20. The molecule has 0 saturated carbocycles. The summed E-state index contributed by atoms with van der Waals surface area (Å²) >= 11 is -1.26. The van der Waals surface area contributed by atoms with Gasteiger partial charge in [-0.3, -0.25) is 4.90 Å². The van der Waals surface area contributed by atoms with E-state index in [4.69, 9.17) is 14.5 Å². The Kier molecular flexibility index (Phi) is 10.6. The highest BCUT2D eigenvalue weighted by Gasteiger charge is 2.30. The summed E-state index contributed by atoms with van der Waals surface area (Å²) in [6, 6.07) is 5.81. The molecule has 2 heterocycles. The lowest BCUT2D eigenvalue weighted by Crippen LogP contribution is -2.44. The molecule has 0 saturated heterocycles. The van der Waals surface area contributed by atoms with Crippen LogP contribution >= 0.6 is 0 Å². The minimum Gasteiger partial charge on any atom is -0.598 e. The molecule has 34 heavy (non-hydrogen) atoms. The number of carbonyl (C=O) groups excluding carboxylic acids is 1. The molecule has 0 spiro atoms. The summed E-state index contributed by atoms with van der Waals surface area (Å²) < 4.78 is 25.9. The van der Waals surface area contributed by atoms with E-state index < -0.39 is 27.8 Å². The van der Waals surface area contributed by atoms with E-state index in [0.29, 0.717) is 38.4 Å². The molecular weight excluding hydrogens is 452 g/mol. The summed E-state index contributed by atoms with van der Waals surface area (Å²) in [5, 5.41) is 9.27. The van der Waals surface area contributed by atoms with E-state index >= 15 is 0 Å². The van der Waals surface area contributed by atoms with Crippen LogP contribution in [0.4, 0.5) is 10.6 Å². The van der Waals surface area contributed by atoms with Crippen molar-refractivity contribution in [1.82, 2.24) is 9.71 Å². The Balaban J connectivity index is 1.75. The number of ether oxygens (including phenoxy) is 2. The second-order valence-electron chi connectivity index (χ2n) is 10.6. The number of carbonyl (C=O) groups is 1. The number of fused-ring (bicyclic) bond motifs is 1. The average Bonchev–Trinajstić information content (AvgIpc) is 2.75. The third-order valence-corrected chi connectivity index (χ3v) is 6.79. The zero-order chi connectivity index (χ0) is 25.4. The average molecular weight is 493 g/mol. The van der Waals surface area contributed by atoms with Gasteiger partial charge in [0.2, 0.25) is 0 Å². The van der Waals surface area contributed by atoms with Crippen molar-refractivity contribution in [1.29, 1.82) is 5.26 Å². The SMILES string of the molecule is CC(C)(C)OC(=O)N1CCCc2ccc(CCCOCCCC(C#N)N[S@+]([O-])C(C)(C)C)nc21. The lowest BCUT2D eigenvalue weighted by atomic mass is 10.0. The molecule has 2 rings (SSSR count). The quantitative estimate of drug-likeness (QED) is 0.380. The number of nitrogens with zero attached hydrogens (tertiary/aromatic N) is 3. The molecule has 9 heteroatoms. The van der Waals surface area contributed by atoms with Gasteiger partial charge in [-0.25, -0.2) is 9.78 Å². The first-order valence-electron chi connectivity index (χ1n) is 12.1. The molecule has 1 aliphatic heterocycles. The van der Waals surface area contributed by atoms with Gasteiger partial charge in [0.25, 0.3) is 0 Å². The van der Waals surface area contributed by atoms with Crippen LogP contribution in [-0.4, -0.2) is 51.8 Å². The van der Waals surface area contributed by atoms with Crippen molar-refractivity contribution < 1.29 is 18.8 Å². The lowest BCUT2D eigenvalue weighted by molar-refractivity contribution is 0.0576. The number of hydrogen-bond acceptors (Lipinski definition) is 7. The smallest absolute Gasteiger partial charge is 0.416 e. The van der Waals surface area contributed by atoms with E-state index in [1.807, 2.05) is 47.6 Å². The second kappa shape index (κ2) is 12.7. The van der Waals surface area contributed by atoms with Gasteiger partial charge in [-0.15, -0.1) is 4.72 Å². The van der Waals surface area contributed by atoms with Crippen LogP contribution in [0.2, 0.25) is 0 Å². The summed E-state index contributed by atoms with van der Waals surface area (Å²) in [6.45, 7) is 13.0. The molecule has 1 N–H and O–H groups in total. The van der Waals surface area contributed by atoms with Crippen molar-refractivity contribution in [3.63, 3.8) is 0 Å². The van der Waals surface area contributed by atoms with Crippen LogP contribution in [-0.2, 0) is 33.7 Å². The summed E-state index contributed by atoms with van der Waals surface area (Å²) in [5.74, 6) is 0.710. The molecule has 0 bridgehead atoms. The predicted molar refractivity (Wildman–Crippen MR) is 135 cm³/mol. The number of pyridine rings is 1. The van der Waals surface area contributed by atoms with Gasteiger partial charge < -0.3 is 14.0 Å². The van der Waals surface area contributed by atoms with E-state index in [9.17, 15) is 14.6 Å². The molecule has 190 valence electrons. The minimum atomic E-state index is -1.26. The van der Waals surface area contributed by atoms with E-state index in [0.717, 1.165) is 36.9 Å². The number of hydrogen-bond donors (Lipinski definition) is 1. The topological polar surface area (TPSA) is 111 Å². The van der Waals surface area contributed by atoms with Crippen LogP contribution in [0.15, 0.2) is 12.1 Å². The number of nitrogens with one attached hydrogen (secondary N) is 1. The normalized spacial score (nSPS) is 15.9. The molecule has 1 unspecified atom stereocenters.